The summed E-state index contributed by atoms with van der Waals surface area (Å²) in [4.78, 5) is 1.73. The van der Waals surface area contributed by atoms with Crippen molar-refractivity contribution >= 4 is 5.69 Å². The molecule has 1 unspecified atom stereocenters. The second kappa shape index (κ2) is 5.96. The van der Waals surface area contributed by atoms with Crippen molar-refractivity contribution in [2.45, 2.75) is 6.04 Å². The van der Waals surface area contributed by atoms with E-state index in [1.807, 2.05) is 0 Å². The molecule has 0 fully saturated rings. The second-order valence-electron chi connectivity index (χ2n) is 4.52. The summed E-state index contributed by atoms with van der Waals surface area (Å²) < 4.78 is 39.5. The molecule has 0 aromatic heterocycles. The molecule has 2 aromatic carbocycles. The molecule has 2 nitrogen and oxygen atoms in total. The Labute approximate surface area is 115 Å². The van der Waals surface area contributed by atoms with E-state index in [1.54, 1.807) is 24.1 Å². The molecule has 1 atom stereocenters. The summed E-state index contributed by atoms with van der Waals surface area (Å²) in [6, 6.07) is 9.30. The molecule has 2 aromatic rings. The van der Waals surface area contributed by atoms with Gasteiger partial charge in [-0.1, -0.05) is 12.1 Å². The van der Waals surface area contributed by atoms with Crippen LogP contribution in [0.3, 0.4) is 0 Å². The van der Waals surface area contributed by atoms with Crippen molar-refractivity contribution in [2.24, 2.45) is 5.73 Å². The first kappa shape index (κ1) is 14.4. The van der Waals surface area contributed by atoms with Gasteiger partial charge in [0.25, 0.3) is 0 Å². The zero-order chi connectivity index (χ0) is 14.7. The highest BCUT2D eigenvalue weighted by molar-refractivity contribution is 5.48. The highest BCUT2D eigenvalue weighted by atomic mass is 19.2. The van der Waals surface area contributed by atoms with Gasteiger partial charge in [-0.15, -0.1) is 0 Å². The lowest BCUT2D eigenvalue weighted by atomic mass is 10.0. The normalized spacial score (nSPS) is 12.2. The summed E-state index contributed by atoms with van der Waals surface area (Å²) in [6.07, 6.45) is 0. The van der Waals surface area contributed by atoms with Crippen molar-refractivity contribution in [2.75, 3.05) is 18.5 Å². The summed E-state index contributed by atoms with van der Waals surface area (Å²) >= 11 is 0. The second-order valence-corrected chi connectivity index (χ2v) is 4.52. The van der Waals surface area contributed by atoms with Crippen LogP contribution in [0.15, 0.2) is 42.5 Å². The molecule has 0 saturated heterocycles. The molecule has 0 bridgehead atoms. The van der Waals surface area contributed by atoms with Gasteiger partial charge in [-0.3, -0.25) is 0 Å². The van der Waals surface area contributed by atoms with Crippen molar-refractivity contribution in [3.05, 3.63) is 65.5 Å². The largest absolute Gasteiger partial charge is 0.366 e. The Hall–Kier alpha value is -2.01. The number of hydrogen-bond donors (Lipinski definition) is 1. The van der Waals surface area contributed by atoms with Crippen LogP contribution in [0.4, 0.5) is 18.9 Å². The van der Waals surface area contributed by atoms with E-state index >= 15 is 0 Å². The quantitative estimate of drug-likeness (QED) is 0.931. The summed E-state index contributed by atoms with van der Waals surface area (Å²) in [5.74, 6) is -2.19. The van der Waals surface area contributed by atoms with Gasteiger partial charge in [0.1, 0.15) is 5.82 Å². The average Bonchev–Trinajstić information content (AvgIpc) is 2.43. The minimum atomic E-state index is -0.923. The van der Waals surface area contributed by atoms with Crippen LogP contribution in [0.1, 0.15) is 11.6 Å². The highest BCUT2D eigenvalue weighted by Gasteiger charge is 2.18. The van der Waals surface area contributed by atoms with Crippen LogP contribution in [0.2, 0.25) is 0 Å². The van der Waals surface area contributed by atoms with Gasteiger partial charge in [0.2, 0.25) is 0 Å². The Morgan fingerprint density at radius 2 is 1.80 bits per heavy atom. The first-order chi connectivity index (χ1) is 9.52. The summed E-state index contributed by atoms with van der Waals surface area (Å²) in [5.41, 5.74) is 6.87. The maximum absolute atomic E-state index is 13.3. The van der Waals surface area contributed by atoms with Gasteiger partial charge in [-0.25, -0.2) is 13.2 Å². The fourth-order valence-corrected chi connectivity index (χ4v) is 2.11. The van der Waals surface area contributed by atoms with Gasteiger partial charge in [0.05, 0.1) is 6.04 Å². The maximum Gasteiger partial charge on any atom is 0.159 e. The van der Waals surface area contributed by atoms with E-state index in [0.29, 0.717) is 11.3 Å². The Kier molecular flexibility index (Phi) is 4.29. The topological polar surface area (TPSA) is 29.3 Å². The van der Waals surface area contributed by atoms with E-state index in [9.17, 15) is 13.2 Å². The number of likely N-dealkylation sites (N-methyl/N-ethyl adjacent to an activating group) is 1. The molecule has 2 rings (SSSR count). The molecule has 5 heteroatoms. The third-order valence-corrected chi connectivity index (χ3v) is 3.23. The molecule has 0 heterocycles. The fourth-order valence-electron chi connectivity index (χ4n) is 2.11. The number of nitrogens with two attached hydrogens (primary N) is 1. The lowest BCUT2D eigenvalue weighted by molar-refractivity contribution is 0.504. The number of benzene rings is 2. The number of rotatable bonds is 4. The van der Waals surface area contributed by atoms with Crippen LogP contribution in [0.5, 0.6) is 0 Å². The van der Waals surface area contributed by atoms with Crippen LogP contribution in [0, 0.1) is 17.5 Å². The molecule has 20 heavy (non-hydrogen) atoms. The maximum atomic E-state index is 13.3. The molecule has 0 aliphatic rings. The van der Waals surface area contributed by atoms with Gasteiger partial charge >= 0.3 is 0 Å². The van der Waals surface area contributed by atoms with Gasteiger partial charge in [-0.05, 0) is 35.9 Å². The van der Waals surface area contributed by atoms with E-state index in [1.165, 1.54) is 18.2 Å². The van der Waals surface area contributed by atoms with Crippen molar-refractivity contribution in [3.8, 4) is 0 Å². The smallest absolute Gasteiger partial charge is 0.159 e. The predicted molar refractivity (Wildman–Crippen MR) is 73.0 cm³/mol. The van der Waals surface area contributed by atoms with Crippen LogP contribution in [-0.4, -0.2) is 13.6 Å². The minimum Gasteiger partial charge on any atom is -0.366 e. The van der Waals surface area contributed by atoms with Crippen LogP contribution < -0.4 is 10.6 Å². The molecule has 106 valence electrons. The van der Waals surface area contributed by atoms with Crippen molar-refractivity contribution < 1.29 is 13.2 Å². The highest BCUT2D eigenvalue weighted by Crippen LogP contribution is 2.26. The van der Waals surface area contributed by atoms with Gasteiger partial charge < -0.3 is 10.6 Å². The average molecular weight is 280 g/mol. The fraction of sp³-hybridized carbons (Fsp3) is 0.200. The zero-order valence-electron chi connectivity index (χ0n) is 11.0. The molecule has 0 aliphatic carbocycles. The first-order valence-electron chi connectivity index (χ1n) is 6.16. The molecule has 2 N–H and O–H groups in total. The number of anilines is 1. The summed E-state index contributed by atoms with van der Waals surface area (Å²) in [6.45, 7) is 0.193. The number of halogens is 3. The summed E-state index contributed by atoms with van der Waals surface area (Å²) in [7, 11) is 1.73. The molecule has 0 spiro atoms. The van der Waals surface area contributed by atoms with E-state index in [0.717, 1.165) is 12.1 Å². The lowest BCUT2D eigenvalue weighted by Crippen LogP contribution is -2.30. The lowest BCUT2D eigenvalue weighted by Gasteiger charge is -2.29. The Balaban J connectivity index is 2.33. The van der Waals surface area contributed by atoms with Gasteiger partial charge in [0.15, 0.2) is 11.6 Å². The SMILES string of the molecule is CN(c1cccc(F)c1)C(CN)c1ccc(F)c(F)c1. The van der Waals surface area contributed by atoms with E-state index < -0.39 is 11.6 Å². The van der Waals surface area contributed by atoms with E-state index in [-0.39, 0.29) is 18.4 Å². The molecular weight excluding hydrogens is 265 g/mol. The first-order valence-corrected chi connectivity index (χ1v) is 6.16. The third-order valence-electron chi connectivity index (χ3n) is 3.23. The van der Waals surface area contributed by atoms with Gasteiger partial charge in [0, 0.05) is 19.3 Å². The van der Waals surface area contributed by atoms with Crippen molar-refractivity contribution in [1.29, 1.82) is 0 Å². The van der Waals surface area contributed by atoms with Crippen LogP contribution in [0.25, 0.3) is 0 Å². The molecule has 0 radical (unpaired) electrons. The Bertz CT molecular complexity index is 601. The van der Waals surface area contributed by atoms with Crippen LogP contribution >= 0.6 is 0 Å². The predicted octanol–water partition coefficient (Wildman–Crippen LogP) is 3.24. The van der Waals surface area contributed by atoms with Gasteiger partial charge in [-0.2, -0.15) is 0 Å². The van der Waals surface area contributed by atoms with E-state index in [2.05, 4.69) is 0 Å². The summed E-state index contributed by atoms with van der Waals surface area (Å²) in [5, 5.41) is 0. The van der Waals surface area contributed by atoms with E-state index in [4.69, 9.17) is 5.73 Å². The van der Waals surface area contributed by atoms with Crippen molar-refractivity contribution in [3.63, 3.8) is 0 Å². The third kappa shape index (κ3) is 2.93. The number of hydrogen-bond acceptors (Lipinski definition) is 2. The van der Waals surface area contributed by atoms with Crippen LogP contribution in [-0.2, 0) is 0 Å². The Morgan fingerprint density at radius 1 is 1.05 bits per heavy atom. The molecular formula is C15H15F3N2. The Morgan fingerprint density at radius 3 is 2.40 bits per heavy atom. The molecule has 0 amide bonds. The standard InChI is InChI=1S/C15H15F3N2/c1-20(12-4-2-3-11(16)8-12)15(9-19)10-5-6-13(17)14(18)7-10/h2-8,15H,9,19H2,1H3. The zero-order valence-corrected chi connectivity index (χ0v) is 11.0. The minimum absolute atomic E-state index is 0.193. The molecule has 0 saturated carbocycles. The van der Waals surface area contributed by atoms with Crippen molar-refractivity contribution in [1.82, 2.24) is 0 Å². The monoisotopic (exact) mass is 280 g/mol. The number of nitrogens with zero attached hydrogens (tertiary/aromatic N) is 1. The molecule has 0 aliphatic heterocycles.